The SMILES string of the molecule is COCCCOc1cc([C@H](C)N(C(=O)[C@H]2CCCCN2)C2CC2)cc2c1CCO2. The van der Waals surface area contributed by atoms with E-state index in [2.05, 4.69) is 29.3 Å². The lowest BCUT2D eigenvalue weighted by atomic mass is 9.99. The van der Waals surface area contributed by atoms with Crippen LogP contribution in [0.3, 0.4) is 0 Å². The summed E-state index contributed by atoms with van der Waals surface area (Å²) < 4.78 is 17.1. The number of ether oxygens (including phenoxy) is 3. The molecular formula is C23H34N2O4. The molecule has 1 aromatic rings. The fourth-order valence-corrected chi connectivity index (χ4v) is 4.48. The van der Waals surface area contributed by atoms with Gasteiger partial charge in [-0.25, -0.2) is 0 Å². The van der Waals surface area contributed by atoms with Gasteiger partial charge in [0.2, 0.25) is 5.91 Å². The molecule has 1 amide bonds. The third kappa shape index (κ3) is 4.69. The van der Waals surface area contributed by atoms with Gasteiger partial charge >= 0.3 is 0 Å². The summed E-state index contributed by atoms with van der Waals surface area (Å²) in [7, 11) is 1.71. The smallest absolute Gasteiger partial charge is 0.240 e. The van der Waals surface area contributed by atoms with Gasteiger partial charge in [0, 0.05) is 38.2 Å². The number of benzene rings is 1. The second kappa shape index (κ2) is 9.35. The van der Waals surface area contributed by atoms with Crippen molar-refractivity contribution in [1.29, 1.82) is 0 Å². The Bertz CT molecular complexity index is 713. The third-order valence-electron chi connectivity index (χ3n) is 6.25. The zero-order valence-electron chi connectivity index (χ0n) is 17.7. The summed E-state index contributed by atoms with van der Waals surface area (Å²) in [5.74, 6) is 2.07. The molecule has 1 aliphatic carbocycles. The molecule has 2 aliphatic heterocycles. The lowest BCUT2D eigenvalue weighted by Gasteiger charge is -2.35. The molecule has 2 heterocycles. The fourth-order valence-electron chi connectivity index (χ4n) is 4.48. The van der Waals surface area contributed by atoms with E-state index in [1.165, 1.54) is 0 Å². The molecule has 29 heavy (non-hydrogen) atoms. The summed E-state index contributed by atoms with van der Waals surface area (Å²) in [6.45, 7) is 5.08. The van der Waals surface area contributed by atoms with E-state index in [1.807, 2.05) is 0 Å². The highest BCUT2D eigenvalue weighted by Gasteiger charge is 2.39. The number of carbonyl (C=O) groups is 1. The maximum atomic E-state index is 13.3. The molecule has 0 aromatic heterocycles. The number of hydrogen-bond acceptors (Lipinski definition) is 5. The number of amides is 1. The molecule has 0 unspecified atom stereocenters. The summed E-state index contributed by atoms with van der Waals surface area (Å²) >= 11 is 0. The molecule has 1 aromatic carbocycles. The van der Waals surface area contributed by atoms with Crippen molar-refractivity contribution in [3.8, 4) is 11.5 Å². The molecule has 6 nitrogen and oxygen atoms in total. The summed E-state index contributed by atoms with van der Waals surface area (Å²) in [6, 6.07) is 4.58. The van der Waals surface area contributed by atoms with Gasteiger partial charge in [0.15, 0.2) is 0 Å². The number of hydrogen-bond donors (Lipinski definition) is 1. The van der Waals surface area contributed by atoms with Crippen LogP contribution in [0.1, 0.15) is 62.6 Å². The van der Waals surface area contributed by atoms with Crippen LogP contribution in [-0.4, -0.2) is 56.4 Å². The van der Waals surface area contributed by atoms with E-state index < -0.39 is 0 Å². The van der Waals surface area contributed by atoms with Gasteiger partial charge in [-0.05, 0) is 56.8 Å². The molecule has 160 valence electrons. The van der Waals surface area contributed by atoms with Crippen molar-refractivity contribution in [2.75, 3.05) is 33.5 Å². The third-order valence-corrected chi connectivity index (χ3v) is 6.25. The maximum Gasteiger partial charge on any atom is 0.240 e. The van der Waals surface area contributed by atoms with Crippen LogP contribution in [0.4, 0.5) is 0 Å². The summed E-state index contributed by atoms with van der Waals surface area (Å²) in [4.78, 5) is 15.5. The Morgan fingerprint density at radius 2 is 2.14 bits per heavy atom. The van der Waals surface area contributed by atoms with Gasteiger partial charge in [0.25, 0.3) is 0 Å². The highest BCUT2D eigenvalue weighted by molar-refractivity contribution is 5.83. The number of nitrogens with zero attached hydrogens (tertiary/aromatic N) is 1. The highest BCUT2D eigenvalue weighted by Crippen LogP contribution is 2.41. The van der Waals surface area contributed by atoms with E-state index in [1.54, 1.807) is 7.11 Å². The number of methoxy groups -OCH3 is 1. The van der Waals surface area contributed by atoms with E-state index in [0.29, 0.717) is 25.9 Å². The van der Waals surface area contributed by atoms with Crippen molar-refractivity contribution < 1.29 is 19.0 Å². The monoisotopic (exact) mass is 402 g/mol. The fraction of sp³-hybridized carbons (Fsp3) is 0.696. The molecule has 6 heteroatoms. The summed E-state index contributed by atoms with van der Waals surface area (Å²) in [5, 5.41) is 3.43. The van der Waals surface area contributed by atoms with E-state index in [4.69, 9.17) is 14.2 Å². The number of rotatable bonds is 9. The Morgan fingerprint density at radius 1 is 1.28 bits per heavy atom. The Labute approximate surface area is 173 Å². The Hall–Kier alpha value is -1.79. The molecule has 0 radical (unpaired) electrons. The minimum Gasteiger partial charge on any atom is -0.493 e. The summed E-state index contributed by atoms with van der Waals surface area (Å²) in [5.41, 5.74) is 2.25. The Morgan fingerprint density at radius 3 is 2.86 bits per heavy atom. The molecule has 1 saturated heterocycles. The Balaban J connectivity index is 1.54. The molecule has 1 N–H and O–H groups in total. The molecule has 2 fully saturated rings. The number of piperidine rings is 1. The number of fused-ring (bicyclic) bond motifs is 1. The second-order valence-corrected chi connectivity index (χ2v) is 8.44. The van der Waals surface area contributed by atoms with Crippen molar-refractivity contribution in [2.24, 2.45) is 0 Å². The first kappa shape index (κ1) is 20.5. The lowest BCUT2D eigenvalue weighted by molar-refractivity contribution is -0.137. The first-order valence-electron chi connectivity index (χ1n) is 11.2. The van der Waals surface area contributed by atoms with Gasteiger partial charge in [0.05, 0.1) is 25.3 Å². The molecule has 4 rings (SSSR count). The van der Waals surface area contributed by atoms with E-state index in [-0.39, 0.29) is 18.0 Å². The average Bonchev–Trinajstić information content (AvgIpc) is 3.46. The van der Waals surface area contributed by atoms with Crippen LogP contribution in [0, 0.1) is 0 Å². The van der Waals surface area contributed by atoms with E-state index in [9.17, 15) is 4.79 Å². The van der Waals surface area contributed by atoms with E-state index in [0.717, 1.165) is 74.1 Å². The van der Waals surface area contributed by atoms with Crippen molar-refractivity contribution in [3.05, 3.63) is 23.3 Å². The summed E-state index contributed by atoms with van der Waals surface area (Å²) in [6.07, 6.45) is 7.16. The van der Waals surface area contributed by atoms with Gasteiger partial charge in [-0.15, -0.1) is 0 Å². The molecule has 3 aliphatic rings. The van der Waals surface area contributed by atoms with Crippen LogP contribution >= 0.6 is 0 Å². The van der Waals surface area contributed by atoms with Crippen molar-refractivity contribution in [3.63, 3.8) is 0 Å². The molecular weight excluding hydrogens is 368 g/mol. The predicted molar refractivity (Wildman–Crippen MR) is 112 cm³/mol. The quantitative estimate of drug-likeness (QED) is 0.643. The predicted octanol–water partition coefficient (Wildman–Crippen LogP) is 3.23. The van der Waals surface area contributed by atoms with Crippen molar-refractivity contribution in [1.82, 2.24) is 10.2 Å². The van der Waals surface area contributed by atoms with Crippen LogP contribution in [0.2, 0.25) is 0 Å². The first-order valence-corrected chi connectivity index (χ1v) is 11.2. The van der Waals surface area contributed by atoms with Crippen LogP contribution in [-0.2, 0) is 16.0 Å². The molecule has 2 atom stereocenters. The van der Waals surface area contributed by atoms with Gasteiger partial charge in [-0.3, -0.25) is 4.79 Å². The zero-order chi connectivity index (χ0) is 20.2. The van der Waals surface area contributed by atoms with Crippen LogP contribution in [0.25, 0.3) is 0 Å². The van der Waals surface area contributed by atoms with Gasteiger partial charge < -0.3 is 24.4 Å². The molecule has 0 spiro atoms. The Kier molecular flexibility index (Phi) is 6.60. The van der Waals surface area contributed by atoms with Gasteiger partial charge in [-0.1, -0.05) is 6.42 Å². The largest absolute Gasteiger partial charge is 0.493 e. The van der Waals surface area contributed by atoms with Crippen LogP contribution in [0.5, 0.6) is 11.5 Å². The lowest BCUT2D eigenvalue weighted by Crippen LogP contribution is -2.50. The standard InChI is InChI=1S/C23H34N2O4/c1-16(25(18-7-8-18)23(26)20-6-3-4-10-24-20)17-14-21(28-12-5-11-27-2)19-9-13-29-22(19)15-17/h14-16,18,20,24H,3-13H2,1-2H3/t16-,20+/m0/s1. The van der Waals surface area contributed by atoms with E-state index >= 15 is 0 Å². The molecule has 0 bridgehead atoms. The molecule has 1 saturated carbocycles. The van der Waals surface area contributed by atoms with Crippen LogP contribution in [0.15, 0.2) is 12.1 Å². The zero-order valence-corrected chi connectivity index (χ0v) is 17.7. The van der Waals surface area contributed by atoms with Gasteiger partial charge in [0.1, 0.15) is 11.5 Å². The minimum atomic E-state index is -0.0396. The minimum absolute atomic E-state index is 0.00884. The second-order valence-electron chi connectivity index (χ2n) is 8.44. The number of carbonyl (C=O) groups excluding carboxylic acids is 1. The first-order chi connectivity index (χ1) is 14.2. The van der Waals surface area contributed by atoms with Gasteiger partial charge in [-0.2, -0.15) is 0 Å². The van der Waals surface area contributed by atoms with Crippen LogP contribution < -0.4 is 14.8 Å². The maximum absolute atomic E-state index is 13.3. The highest BCUT2D eigenvalue weighted by atomic mass is 16.5. The van der Waals surface area contributed by atoms with Crippen molar-refractivity contribution >= 4 is 5.91 Å². The number of nitrogens with one attached hydrogen (secondary N) is 1. The average molecular weight is 403 g/mol. The van der Waals surface area contributed by atoms with Crippen molar-refractivity contribution in [2.45, 2.75) is 70.0 Å². The topological polar surface area (TPSA) is 60.0 Å². The normalized spacial score (nSPS) is 21.9.